The molecule has 7 heteroatoms. The highest BCUT2D eigenvalue weighted by molar-refractivity contribution is 5.86. The summed E-state index contributed by atoms with van der Waals surface area (Å²) in [6.07, 6.45) is 3.24. The Balaban J connectivity index is 2.58. The van der Waals surface area contributed by atoms with Gasteiger partial charge in [-0.05, 0) is 17.2 Å². The van der Waals surface area contributed by atoms with E-state index in [0.29, 0.717) is 11.1 Å². The lowest BCUT2D eigenvalue weighted by Gasteiger charge is -1.99. The fourth-order valence-electron chi connectivity index (χ4n) is 1.58. The molecular weight excluding hydrogens is 236 g/mol. The Morgan fingerprint density at radius 1 is 1.44 bits per heavy atom. The third-order valence-corrected chi connectivity index (χ3v) is 2.27. The highest BCUT2D eigenvalue weighted by atomic mass is 16.4. The van der Waals surface area contributed by atoms with Crippen molar-refractivity contribution in [3.8, 4) is 0 Å². The number of nitrogens with one attached hydrogen (secondary N) is 1. The maximum Gasteiger partial charge on any atom is 0.419 e. The molecule has 0 saturated carbocycles. The van der Waals surface area contributed by atoms with Crippen LogP contribution in [0.1, 0.15) is 5.56 Å². The molecule has 0 atom stereocenters. The molecule has 1 aromatic carbocycles. The van der Waals surface area contributed by atoms with E-state index in [1.165, 1.54) is 0 Å². The van der Waals surface area contributed by atoms with Crippen LogP contribution in [0.25, 0.3) is 27.4 Å². The number of hydrogen-bond donors (Lipinski definition) is 1. The molecule has 0 saturated heterocycles. The summed E-state index contributed by atoms with van der Waals surface area (Å²) >= 11 is 0. The van der Waals surface area contributed by atoms with Gasteiger partial charge in [0.2, 0.25) is 0 Å². The van der Waals surface area contributed by atoms with E-state index in [0.717, 1.165) is 0 Å². The molecule has 0 aliphatic rings. The van der Waals surface area contributed by atoms with Crippen LogP contribution in [0.5, 0.6) is 0 Å². The van der Waals surface area contributed by atoms with Gasteiger partial charge in [0.25, 0.3) is 0 Å². The number of aromatic amines is 1. The minimum Gasteiger partial charge on any atom is -0.372 e. The second-order valence-corrected chi connectivity index (χ2v) is 3.39. The molecule has 0 fully saturated rings. The Morgan fingerprint density at radius 3 is 3.06 bits per heavy atom. The van der Waals surface area contributed by atoms with Gasteiger partial charge in [-0.25, -0.2) is 9.59 Å². The number of azide groups is 1. The van der Waals surface area contributed by atoms with Crippen molar-refractivity contribution in [3.05, 3.63) is 61.3 Å². The van der Waals surface area contributed by atoms with Crippen LogP contribution >= 0.6 is 0 Å². The van der Waals surface area contributed by atoms with Crippen molar-refractivity contribution in [1.82, 2.24) is 4.98 Å². The second-order valence-electron chi connectivity index (χ2n) is 3.39. The number of benzene rings is 1. The van der Waals surface area contributed by atoms with Crippen molar-refractivity contribution in [1.29, 1.82) is 0 Å². The molecule has 18 heavy (non-hydrogen) atoms. The topological polar surface area (TPSA) is 112 Å². The summed E-state index contributed by atoms with van der Waals surface area (Å²) in [6, 6.07) is 5.01. The quantitative estimate of drug-likeness (QED) is 0.504. The van der Waals surface area contributed by atoms with E-state index in [1.54, 1.807) is 30.4 Å². The SMILES string of the molecule is [N-]=[N+]=NCC=Cc1cccc2[nH]c(=O)oc(=O)c12. The van der Waals surface area contributed by atoms with Crippen molar-refractivity contribution in [2.24, 2.45) is 5.11 Å². The number of aromatic nitrogens is 1. The molecule has 0 spiro atoms. The maximum absolute atomic E-state index is 11.6. The lowest BCUT2D eigenvalue weighted by Crippen LogP contribution is -2.15. The Hall–Kier alpha value is -2.79. The standard InChI is InChI=1S/C11H8N4O3/c12-15-13-6-2-4-7-3-1-5-8-9(7)10(16)18-11(17)14-8/h1-5H,6H2,(H,14,17). The van der Waals surface area contributed by atoms with Gasteiger partial charge in [0.1, 0.15) is 0 Å². The monoisotopic (exact) mass is 244 g/mol. The van der Waals surface area contributed by atoms with Crippen molar-refractivity contribution in [2.75, 3.05) is 6.54 Å². The van der Waals surface area contributed by atoms with Gasteiger partial charge >= 0.3 is 11.4 Å². The fraction of sp³-hybridized carbons (Fsp3) is 0.0909. The van der Waals surface area contributed by atoms with Crippen molar-refractivity contribution in [2.45, 2.75) is 0 Å². The number of H-pyrrole nitrogens is 1. The van der Waals surface area contributed by atoms with Crippen LogP contribution in [0.2, 0.25) is 0 Å². The molecule has 90 valence electrons. The molecule has 0 radical (unpaired) electrons. The molecule has 0 amide bonds. The minimum atomic E-state index is -0.789. The van der Waals surface area contributed by atoms with Gasteiger partial charge in [0.05, 0.1) is 10.9 Å². The summed E-state index contributed by atoms with van der Waals surface area (Å²) in [5, 5.41) is 3.62. The molecule has 0 bridgehead atoms. The Labute approximate surface area is 100.0 Å². The van der Waals surface area contributed by atoms with E-state index >= 15 is 0 Å². The maximum atomic E-state index is 11.6. The van der Waals surface area contributed by atoms with Gasteiger partial charge in [0, 0.05) is 11.5 Å². The first kappa shape index (κ1) is 11.7. The van der Waals surface area contributed by atoms with Gasteiger partial charge in [-0.1, -0.05) is 29.4 Å². The highest BCUT2D eigenvalue weighted by Crippen LogP contribution is 2.13. The van der Waals surface area contributed by atoms with Crippen LogP contribution in [0.3, 0.4) is 0 Å². The summed E-state index contributed by atoms with van der Waals surface area (Å²) in [6.45, 7) is 0.182. The summed E-state index contributed by atoms with van der Waals surface area (Å²) in [7, 11) is 0. The van der Waals surface area contributed by atoms with Crippen LogP contribution in [0.4, 0.5) is 0 Å². The Morgan fingerprint density at radius 2 is 2.28 bits per heavy atom. The third-order valence-electron chi connectivity index (χ3n) is 2.27. The van der Waals surface area contributed by atoms with Crippen molar-refractivity contribution in [3.63, 3.8) is 0 Å². The van der Waals surface area contributed by atoms with Crippen LogP contribution in [-0.2, 0) is 0 Å². The summed E-state index contributed by atoms with van der Waals surface area (Å²) < 4.78 is 4.48. The number of nitrogens with zero attached hydrogens (tertiary/aromatic N) is 3. The van der Waals surface area contributed by atoms with E-state index in [-0.39, 0.29) is 11.9 Å². The van der Waals surface area contributed by atoms with E-state index < -0.39 is 11.4 Å². The second kappa shape index (κ2) is 5.03. The van der Waals surface area contributed by atoms with Gasteiger partial charge in [-0.15, -0.1) is 0 Å². The average Bonchev–Trinajstić information content (AvgIpc) is 2.34. The molecule has 1 N–H and O–H groups in total. The van der Waals surface area contributed by atoms with Gasteiger partial charge in [-0.3, -0.25) is 4.98 Å². The fourth-order valence-corrected chi connectivity index (χ4v) is 1.58. The molecule has 2 rings (SSSR count). The van der Waals surface area contributed by atoms with E-state index in [1.807, 2.05) is 0 Å². The van der Waals surface area contributed by atoms with Crippen LogP contribution in [0.15, 0.2) is 43.4 Å². The lowest BCUT2D eigenvalue weighted by molar-refractivity contribution is 0.460. The number of hydrogen-bond acceptors (Lipinski definition) is 4. The number of rotatable bonds is 3. The third kappa shape index (κ3) is 2.31. The Bertz CT molecular complexity index is 766. The van der Waals surface area contributed by atoms with Crippen molar-refractivity contribution < 1.29 is 4.42 Å². The van der Waals surface area contributed by atoms with E-state index in [9.17, 15) is 9.59 Å². The van der Waals surface area contributed by atoms with E-state index in [2.05, 4.69) is 19.4 Å². The molecule has 2 aromatic rings. The molecule has 0 aliphatic carbocycles. The van der Waals surface area contributed by atoms with Crippen molar-refractivity contribution >= 4 is 17.0 Å². The normalized spacial score (nSPS) is 10.7. The summed E-state index contributed by atoms with van der Waals surface area (Å²) in [5.41, 5.74) is 8.43. The first-order chi connectivity index (χ1) is 8.72. The first-order valence-electron chi connectivity index (χ1n) is 5.06. The summed E-state index contributed by atoms with van der Waals surface area (Å²) in [4.78, 5) is 27.7. The molecule has 1 heterocycles. The average molecular weight is 244 g/mol. The number of fused-ring (bicyclic) bond motifs is 1. The molecule has 7 nitrogen and oxygen atoms in total. The van der Waals surface area contributed by atoms with Gasteiger partial charge in [0.15, 0.2) is 0 Å². The molecule has 0 aliphatic heterocycles. The zero-order chi connectivity index (χ0) is 13.0. The highest BCUT2D eigenvalue weighted by Gasteiger charge is 2.05. The molecule has 0 unspecified atom stereocenters. The van der Waals surface area contributed by atoms with Gasteiger partial charge < -0.3 is 4.42 Å². The smallest absolute Gasteiger partial charge is 0.372 e. The zero-order valence-corrected chi connectivity index (χ0v) is 9.16. The van der Waals surface area contributed by atoms with Crippen LogP contribution < -0.4 is 11.4 Å². The largest absolute Gasteiger partial charge is 0.419 e. The predicted octanol–water partition coefficient (Wildman–Crippen LogP) is 1.80. The minimum absolute atomic E-state index is 0.182. The van der Waals surface area contributed by atoms with Crippen LogP contribution in [0, 0.1) is 0 Å². The molecular formula is C11H8N4O3. The van der Waals surface area contributed by atoms with E-state index in [4.69, 9.17) is 5.53 Å². The Kier molecular flexibility index (Phi) is 3.26. The summed E-state index contributed by atoms with van der Waals surface area (Å²) in [5.74, 6) is -0.789. The molecule has 1 aromatic heterocycles. The van der Waals surface area contributed by atoms with Gasteiger partial charge in [-0.2, -0.15) is 0 Å². The first-order valence-corrected chi connectivity index (χ1v) is 5.06. The van der Waals surface area contributed by atoms with Crippen LogP contribution in [-0.4, -0.2) is 11.5 Å². The lowest BCUT2D eigenvalue weighted by atomic mass is 10.1. The zero-order valence-electron chi connectivity index (χ0n) is 9.16. The predicted molar refractivity (Wildman–Crippen MR) is 66.2 cm³/mol.